The fourth-order valence-electron chi connectivity index (χ4n) is 2.54. The highest BCUT2D eigenvalue weighted by Crippen LogP contribution is 2.18. The summed E-state index contributed by atoms with van der Waals surface area (Å²) in [5, 5.41) is 8.92. The number of hydrogen-bond acceptors (Lipinski definition) is 4. The molecule has 1 aliphatic heterocycles. The number of carbonyl (C=O) groups excluding carboxylic acids is 1. The van der Waals surface area contributed by atoms with E-state index in [9.17, 15) is 18.0 Å². The fraction of sp³-hybridized carbons (Fsp3) is 0.467. The quantitative estimate of drug-likeness (QED) is 0.785. The molecule has 0 bridgehead atoms. The van der Waals surface area contributed by atoms with Gasteiger partial charge in [-0.1, -0.05) is 12.1 Å². The van der Waals surface area contributed by atoms with Gasteiger partial charge in [-0.25, -0.2) is 13.1 Å². The first-order chi connectivity index (χ1) is 10.7. The maximum absolute atomic E-state index is 12.3. The monoisotopic (exact) mass is 340 g/mol. The molecule has 0 aromatic heterocycles. The van der Waals surface area contributed by atoms with E-state index in [1.807, 2.05) is 13.0 Å². The second-order valence-corrected chi connectivity index (χ2v) is 7.48. The second kappa shape index (κ2) is 6.67. The van der Waals surface area contributed by atoms with Gasteiger partial charge in [0.05, 0.1) is 10.8 Å². The molecule has 0 aliphatic carbocycles. The zero-order chi connectivity index (χ0) is 17.2. The van der Waals surface area contributed by atoms with E-state index in [0.29, 0.717) is 5.56 Å². The molecule has 1 fully saturated rings. The summed E-state index contributed by atoms with van der Waals surface area (Å²) < 4.78 is 27.1. The van der Waals surface area contributed by atoms with Crippen LogP contribution in [0.3, 0.4) is 0 Å². The Morgan fingerprint density at radius 1 is 1.39 bits per heavy atom. The molecule has 1 atom stereocenters. The summed E-state index contributed by atoms with van der Waals surface area (Å²) in [6.45, 7) is 3.86. The lowest BCUT2D eigenvalue weighted by molar-refractivity contribution is -0.141. The van der Waals surface area contributed by atoms with Gasteiger partial charge in [0.2, 0.25) is 15.9 Å². The second-order valence-electron chi connectivity index (χ2n) is 5.75. The van der Waals surface area contributed by atoms with E-state index in [1.54, 1.807) is 19.1 Å². The van der Waals surface area contributed by atoms with Crippen LogP contribution in [0.15, 0.2) is 23.1 Å². The van der Waals surface area contributed by atoms with Gasteiger partial charge in [0.15, 0.2) is 0 Å². The smallest absolute Gasteiger partial charge is 0.308 e. The number of rotatable bonds is 6. The highest BCUT2D eigenvalue weighted by molar-refractivity contribution is 7.89. The van der Waals surface area contributed by atoms with E-state index >= 15 is 0 Å². The van der Waals surface area contributed by atoms with Gasteiger partial charge >= 0.3 is 5.97 Å². The van der Waals surface area contributed by atoms with Crippen molar-refractivity contribution >= 4 is 21.9 Å². The van der Waals surface area contributed by atoms with Crippen LogP contribution < -0.4 is 4.72 Å². The van der Waals surface area contributed by atoms with Crippen LogP contribution in [-0.2, 0) is 19.6 Å². The minimum Gasteiger partial charge on any atom is -0.481 e. The van der Waals surface area contributed by atoms with Crippen LogP contribution in [0.1, 0.15) is 17.5 Å². The molecule has 1 aromatic carbocycles. The van der Waals surface area contributed by atoms with Gasteiger partial charge in [-0.3, -0.25) is 9.59 Å². The van der Waals surface area contributed by atoms with Crippen LogP contribution in [0, 0.1) is 19.8 Å². The summed E-state index contributed by atoms with van der Waals surface area (Å²) in [7, 11) is -3.66. The number of carboxylic acid groups (broad SMARTS) is 1. The van der Waals surface area contributed by atoms with Crippen molar-refractivity contribution in [2.45, 2.75) is 25.2 Å². The van der Waals surface area contributed by atoms with Crippen molar-refractivity contribution in [3.63, 3.8) is 0 Å². The number of nitrogens with one attached hydrogen (secondary N) is 1. The summed E-state index contributed by atoms with van der Waals surface area (Å²) in [4.78, 5) is 24.2. The molecule has 1 aromatic rings. The number of benzene rings is 1. The van der Waals surface area contributed by atoms with E-state index in [2.05, 4.69) is 4.72 Å². The zero-order valence-corrected chi connectivity index (χ0v) is 13.9. The summed E-state index contributed by atoms with van der Waals surface area (Å²) >= 11 is 0. The van der Waals surface area contributed by atoms with E-state index in [0.717, 1.165) is 5.56 Å². The van der Waals surface area contributed by atoms with Gasteiger partial charge < -0.3 is 10.0 Å². The third-order valence-electron chi connectivity index (χ3n) is 3.87. The van der Waals surface area contributed by atoms with Crippen LogP contribution in [0.4, 0.5) is 0 Å². The van der Waals surface area contributed by atoms with Gasteiger partial charge in [-0.15, -0.1) is 0 Å². The third kappa shape index (κ3) is 4.08. The Hall–Kier alpha value is -1.93. The standard InChI is InChI=1S/C15H20N2O5S/c1-10-3-4-11(2)13(7-10)23(21,22)16-5-6-17-9-12(15(19)20)8-14(17)18/h3-4,7,12,16H,5-6,8-9H2,1-2H3,(H,19,20). The van der Waals surface area contributed by atoms with Gasteiger partial charge in [0.1, 0.15) is 0 Å². The Balaban J connectivity index is 1.97. The molecular formula is C15H20N2O5S. The van der Waals surface area contributed by atoms with Crippen LogP contribution in [0.2, 0.25) is 0 Å². The average molecular weight is 340 g/mol. The third-order valence-corrected chi connectivity index (χ3v) is 5.47. The Bertz CT molecular complexity index is 729. The molecule has 1 heterocycles. The van der Waals surface area contributed by atoms with Crippen molar-refractivity contribution in [3.05, 3.63) is 29.3 Å². The van der Waals surface area contributed by atoms with Crippen molar-refractivity contribution in [1.29, 1.82) is 0 Å². The zero-order valence-electron chi connectivity index (χ0n) is 13.1. The Kier molecular flexibility index (Phi) is 5.06. The van der Waals surface area contributed by atoms with Crippen molar-refractivity contribution in [3.8, 4) is 0 Å². The van der Waals surface area contributed by atoms with Crippen molar-refractivity contribution in [2.75, 3.05) is 19.6 Å². The van der Waals surface area contributed by atoms with Gasteiger partial charge in [-0.2, -0.15) is 0 Å². The SMILES string of the molecule is Cc1ccc(C)c(S(=O)(=O)NCCN2CC(C(=O)O)CC2=O)c1. The molecule has 2 N–H and O–H groups in total. The molecule has 1 saturated heterocycles. The number of hydrogen-bond donors (Lipinski definition) is 2. The molecule has 0 saturated carbocycles. The summed E-state index contributed by atoms with van der Waals surface area (Å²) in [6.07, 6.45) is -0.0287. The molecule has 0 spiro atoms. The van der Waals surface area contributed by atoms with Crippen LogP contribution in [0.5, 0.6) is 0 Å². The number of nitrogens with zero attached hydrogens (tertiary/aromatic N) is 1. The minimum atomic E-state index is -3.66. The number of aliphatic carboxylic acids is 1. The van der Waals surface area contributed by atoms with Crippen molar-refractivity contribution < 1.29 is 23.1 Å². The average Bonchev–Trinajstić information content (AvgIpc) is 2.83. The number of amides is 1. The van der Waals surface area contributed by atoms with Crippen LogP contribution in [0.25, 0.3) is 0 Å². The van der Waals surface area contributed by atoms with E-state index in [4.69, 9.17) is 5.11 Å². The Labute approximate surface area is 135 Å². The molecule has 2 rings (SSSR count). The lowest BCUT2D eigenvalue weighted by Crippen LogP contribution is -2.36. The lowest BCUT2D eigenvalue weighted by atomic mass is 10.1. The molecule has 23 heavy (non-hydrogen) atoms. The Morgan fingerprint density at radius 3 is 2.70 bits per heavy atom. The molecule has 1 unspecified atom stereocenters. The lowest BCUT2D eigenvalue weighted by Gasteiger charge is -2.17. The van der Waals surface area contributed by atoms with Crippen LogP contribution in [-0.4, -0.2) is 49.9 Å². The normalized spacial score (nSPS) is 18.4. The number of carbonyl (C=O) groups is 2. The summed E-state index contributed by atoms with van der Waals surface area (Å²) in [5.41, 5.74) is 1.49. The first kappa shape index (κ1) is 17.4. The first-order valence-corrected chi connectivity index (χ1v) is 8.76. The van der Waals surface area contributed by atoms with Crippen LogP contribution >= 0.6 is 0 Å². The topological polar surface area (TPSA) is 104 Å². The van der Waals surface area contributed by atoms with E-state index < -0.39 is 21.9 Å². The highest BCUT2D eigenvalue weighted by Gasteiger charge is 2.34. The minimum absolute atomic E-state index is 0.0287. The highest BCUT2D eigenvalue weighted by atomic mass is 32.2. The van der Waals surface area contributed by atoms with E-state index in [-0.39, 0.29) is 36.9 Å². The summed E-state index contributed by atoms with van der Waals surface area (Å²) in [6, 6.07) is 5.17. The number of likely N-dealkylation sites (tertiary alicyclic amines) is 1. The molecule has 126 valence electrons. The largest absolute Gasteiger partial charge is 0.481 e. The Morgan fingerprint density at radius 2 is 2.09 bits per heavy atom. The molecular weight excluding hydrogens is 320 g/mol. The fourth-order valence-corrected chi connectivity index (χ4v) is 3.89. The molecule has 7 nitrogen and oxygen atoms in total. The van der Waals surface area contributed by atoms with E-state index in [1.165, 1.54) is 4.90 Å². The number of carboxylic acids is 1. The molecule has 1 amide bonds. The molecule has 8 heteroatoms. The number of sulfonamides is 1. The summed E-state index contributed by atoms with van der Waals surface area (Å²) in [5.74, 6) is -1.97. The first-order valence-electron chi connectivity index (χ1n) is 7.28. The predicted molar refractivity (Wildman–Crippen MR) is 83.4 cm³/mol. The maximum atomic E-state index is 12.3. The maximum Gasteiger partial charge on any atom is 0.308 e. The van der Waals surface area contributed by atoms with Gasteiger partial charge in [0, 0.05) is 26.1 Å². The molecule has 0 radical (unpaired) electrons. The molecule has 1 aliphatic rings. The number of aryl methyl sites for hydroxylation is 2. The van der Waals surface area contributed by atoms with Gasteiger partial charge in [0.25, 0.3) is 0 Å². The van der Waals surface area contributed by atoms with Gasteiger partial charge in [-0.05, 0) is 31.0 Å². The van der Waals surface area contributed by atoms with Crippen molar-refractivity contribution in [2.24, 2.45) is 5.92 Å². The predicted octanol–water partition coefficient (Wildman–Crippen LogP) is 0.515. The van der Waals surface area contributed by atoms with Crippen molar-refractivity contribution in [1.82, 2.24) is 9.62 Å².